The zero-order valence-electron chi connectivity index (χ0n) is 16.9. The highest BCUT2D eigenvalue weighted by Crippen LogP contribution is 2.20. The quantitative estimate of drug-likeness (QED) is 0.453. The van der Waals surface area contributed by atoms with Crippen LogP contribution in [0.5, 0.6) is 0 Å². The molecule has 2 heterocycles. The number of benzene rings is 3. The van der Waals surface area contributed by atoms with Crippen LogP contribution in [0.2, 0.25) is 0 Å². The van der Waals surface area contributed by atoms with Crippen molar-refractivity contribution in [3.8, 4) is 0 Å². The molecule has 3 aromatic carbocycles. The average molecular weight is 428 g/mol. The minimum absolute atomic E-state index is 0.224. The van der Waals surface area contributed by atoms with Crippen LogP contribution >= 0.6 is 0 Å². The van der Waals surface area contributed by atoms with Crippen molar-refractivity contribution in [2.75, 3.05) is 10.6 Å². The maximum atomic E-state index is 12.9. The summed E-state index contributed by atoms with van der Waals surface area (Å²) in [4.78, 5) is 25.9. The van der Waals surface area contributed by atoms with Crippen LogP contribution < -0.4 is 21.6 Å². The third kappa shape index (κ3) is 3.80. The first-order valence-electron chi connectivity index (χ1n) is 10.1. The molecule has 2 amide bonds. The van der Waals surface area contributed by atoms with E-state index in [0.717, 1.165) is 11.1 Å². The Morgan fingerprint density at radius 2 is 1.16 bits per heavy atom. The van der Waals surface area contributed by atoms with Crippen molar-refractivity contribution in [2.45, 2.75) is 13.2 Å². The van der Waals surface area contributed by atoms with Crippen molar-refractivity contribution in [3.05, 3.63) is 82.9 Å². The zero-order valence-corrected chi connectivity index (χ0v) is 16.9. The van der Waals surface area contributed by atoms with Crippen molar-refractivity contribution in [3.63, 3.8) is 0 Å². The summed E-state index contributed by atoms with van der Waals surface area (Å²) in [5, 5.41) is 25.1. The molecule has 10 heteroatoms. The third-order valence-electron chi connectivity index (χ3n) is 5.54. The minimum Gasteiger partial charge on any atom is -0.423 e. The predicted octanol–water partition coefficient (Wildman–Crippen LogP) is 0.627. The Morgan fingerprint density at radius 3 is 1.59 bits per heavy atom. The van der Waals surface area contributed by atoms with E-state index in [2.05, 4.69) is 10.6 Å². The standard InChI is InChI=1S/C22H18B2N2O6/c27-21(25-15-5-7-19-13(9-15)11-31-23(19)29)17-3-1-2-4-18(17)22(28)26-16-6-8-20-14(10-16)12-32-24(20)30/h1-10,29-30H,11-12H2,(H,25,27)(H,26,28). The Labute approximate surface area is 184 Å². The van der Waals surface area contributed by atoms with Crippen LogP contribution in [0.25, 0.3) is 0 Å². The largest absolute Gasteiger partial charge is 0.491 e. The van der Waals surface area contributed by atoms with Crippen molar-refractivity contribution >= 4 is 48.4 Å². The Balaban J connectivity index is 1.34. The number of hydrogen-bond acceptors (Lipinski definition) is 6. The van der Waals surface area contributed by atoms with Gasteiger partial charge in [0.2, 0.25) is 0 Å². The highest BCUT2D eigenvalue weighted by molar-refractivity contribution is 6.62. The summed E-state index contributed by atoms with van der Waals surface area (Å²) in [5.74, 6) is -0.860. The first-order chi connectivity index (χ1) is 15.5. The van der Waals surface area contributed by atoms with E-state index in [-0.39, 0.29) is 24.3 Å². The van der Waals surface area contributed by atoms with Crippen LogP contribution in [0.4, 0.5) is 11.4 Å². The van der Waals surface area contributed by atoms with E-state index in [1.165, 1.54) is 0 Å². The second-order valence-corrected chi connectivity index (χ2v) is 7.61. The number of amides is 2. The molecule has 0 fully saturated rings. The molecule has 0 aromatic heterocycles. The van der Waals surface area contributed by atoms with Crippen LogP contribution in [-0.4, -0.2) is 36.1 Å². The van der Waals surface area contributed by atoms with Crippen molar-refractivity contribution in [1.29, 1.82) is 0 Å². The van der Waals surface area contributed by atoms with Gasteiger partial charge >= 0.3 is 14.2 Å². The third-order valence-corrected chi connectivity index (χ3v) is 5.54. The Kier molecular flexibility index (Phi) is 5.28. The van der Waals surface area contributed by atoms with Gasteiger partial charge in [-0.1, -0.05) is 24.3 Å². The van der Waals surface area contributed by atoms with Gasteiger partial charge in [-0.25, -0.2) is 0 Å². The number of anilines is 2. The molecular formula is C22H18B2N2O6. The number of nitrogens with one attached hydrogen (secondary N) is 2. The fourth-order valence-corrected chi connectivity index (χ4v) is 3.89. The molecule has 3 aromatic rings. The summed E-state index contributed by atoms with van der Waals surface area (Å²) in [7, 11) is -1.90. The lowest BCUT2D eigenvalue weighted by Gasteiger charge is -2.12. The second kappa shape index (κ2) is 8.25. The van der Waals surface area contributed by atoms with E-state index in [1.807, 2.05) is 0 Å². The lowest BCUT2D eigenvalue weighted by atomic mass is 9.79. The van der Waals surface area contributed by atoms with Gasteiger partial charge in [-0.15, -0.1) is 0 Å². The second-order valence-electron chi connectivity index (χ2n) is 7.61. The Morgan fingerprint density at radius 1 is 0.719 bits per heavy atom. The molecule has 0 saturated carbocycles. The molecule has 0 bridgehead atoms. The Hall–Kier alpha value is -3.43. The minimum atomic E-state index is -0.951. The van der Waals surface area contributed by atoms with Gasteiger partial charge in [0.25, 0.3) is 11.8 Å². The van der Waals surface area contributed by atoms with Crippen molar-refractivity contribution in [2.24, 2.45) is 0 Å². The summed E-state index contributed by atoms with van der Waals surface area (Å²) in [6, 6.07) is 16.8. The molecular weight excluding hydrogens is 410 g/mol. The monoisotopic (exact) mass is 428 g/mol. The smallest absolute Gasteiger partial charge is 0.423 e. The van der Waals surface area contributed by atoms with Gasteiger partial charge in [-0.05, 0) is 58.5 Å². The van der Waals surface area contributed by atoms with Gasteiger partial charge in [0.15, 0.2) is 0 Å². The SMILES string of the molecule is O=C(Nc1ccc2c(c1)COB2O)c1ccccc1C(=O)Nc1ccc2c(c1)COB2O. The zero-order chi connectivity index (χ0) is 22.2. The topological polar surface area (TPSA) is 117 Å². The van der Waals surface area contributed by atoms with Crippen LogP contribution in [0.3, 0.4) is 0 Å². The van der Waals surface area contributed by atoms with Gasteiger partial charge in [-0.3, -0.25) is 9.59 Å². The van der Waals surface area contributed by atoms with Gasteiger partial charge < -0.3 is 30.0 Å². The van der Waals surface area contributed by atoms with Crippen LogP contribution in [-0.2, 0) is 22.5 Å². The van der Waals surface area contributed by atoms with E-state index in [0.29, 0.717) is 22.3 Å². The van der Waals surface area contributed by atoms with E-state index < -0.39 is 26.1 Å². The van der Waals surface area contributed by atoms with Gasteiger partial charge in [-0.2, -0.15) is 0 Å². The summed E-state index contributed by atoms with van der Waals surface area (Å²) >= 11 is 0. The molecule has 0 atom stereocenters. The fourth-order valence-electron chi connectivity index (χ4n) is 3.89. The van der Waals surface area contributed by atoms with Gasteiger partial charge in [0.1, 0.15) is 0 Å². The molecule has 2 aliphatic rings. The lowest BCUT2D eigenvalue weighted by Crippen LogP contribution is -2.28. The Bertz CT molecular complexity index is 1140. The first-order valence-corrected chi connectivity index (χ1v) is 10.1. The number of carbonyl (C=O) groups is 2. The molecule has 0 radical (unpaired) electrons. The summed E-state index contributed by atoms with van der Waals surface area (Å²) < 4.78 is 10.4. The van der Waals surface area contributed by atoms with E-state index in [1.54, 1.807) is 60.7 Å². The molecule has 0 spiro atoms. The first kappa shape index (κ1) is 20.5. The van der Waals surface area contributed by atoms with Crippen molar-refractivity contribution < 1.29 is 28.9 Å². The molecule has 32 heavy (non-hydrogen) atoms. The highest BCUT2D eigenvalue weighted by Gasteiger charge is 2.28. The van der Waals surface area contributed by atoms with Crippen LogP contribution in [0, 0.1) is 0 Å². The van der Waals surface area contributed by atoms with Crippen LogP contribution in [0.15, 0.2) is 60.7 Å². The van der Waals surface area contributed by atoms with E-state index in [4.69, 9.17) is 9.31 Å². The van der Waals surface area contributed by atoms with Gasteiger partial charge in [0, 0.05) is 11.4 Å². The predicted molar refractivity (Wildman–Crippen MR) is 120 cm³/mol. The molecule has 158 valence electrons. The fraction of sp³-hybridized carbons (Fsp3) is 0.0909. The molecule has 2 aliphatic heterocycles. The highest BCUT2D eigenvalue weighted by atomic mass is 16.5. The summed E-state index contributed by atoms with van der Waals surface area (Å²) in [5.41, 5.74) is 4.48. The molecule has 0 aliphatic carbocycles. The van der Waals surface area contributed by atoms with E-state index >= 15 is 0 Å². The number of carbonyl (C=O) groups excluding carboxylic acids is 2. The number of hydrogen-bond donors (Lipinski definition) is 4. The van der Waals surface area contributed by atoms with Crippen molar-refractivity contribution in [1.82, 2.24) is 0 Å². The normalized spacial score (nSPS) is 14.2. The summed E-state index contributed by atoms with van der Waals surface area (Å²) in [6.07, 6.45) is 0. The molecule has 4 N–H and O–H groups in total. The molecule has 0 unspecified atom stereocenters. The van der Waals surface area contributed by atoms with Crippen LogP contribution in [0.1, 0.15) is 31.8 Å². The maximum absolute atomic E-state index is 12.9. The van der Waals surface area contributed by atoms with E-state index in [9.17, 15) is 19.6 Å². The average Bonchev–Trinajstić information content (AvgIpc) is 3.35. The maximum Gasteiger partial charge on any atom is 0.491 e. The molecule has 5 rings (SSSR count). The number of rotatable bonds is 4. The molecule has 0 saturated heterocycles. The molecule has 8 nitrogen and oxygen atoms in total. The lowest BCUT2D eigenvalue weighted by molar-refractivity contribution is 0.0990. The number of fused-ring (bicyclic) bond motifs is 2. The summed E-state index contributed by atoms with van der Waals surface area (Å²) in [6.45, 7) is 0.532. The van der Waals surface area contributed by atoms with Gasteiger partial charge in [0.05, 0.1) is 24.3 Å².